The number of hydrogen-bond donors (Lipinski definition) is 1. The maximum Gasteiger partial charge on any atom is 0.417 e. The zero-order valence-electron chi connectivity index (χ0n) is 11.0. The van der Waals surface area contributed by atoms with E-state index in [2.05, 4.69) is 0 Å². The highest BCUT2D eigenvalue weighted by molar-refractivity contribution is 7.89. The molecule has 1 atom stereocenters. The number of carboxylic acid groups (broad SMARTS) is 1. The summed E-state index contributed by atoms with van der Waals surface area (Å²) in [4.78, 5) is 9.75. The molecule has 1 aromatic rings. The first-order chi connectivity index (χ1) is 10.0. The van der Waals surface area contributed by atoms with Crippen LogP contribution in [0.3, 0.4) is 0 Å². The minimum Gasteiger partial charge on any atom is -0.481 e. The first kappa shape index (κ1) is 16.7. The predicted molar refractivity (Wildman–Crippen MR) is 65.9 cm³/mol. The fourth-order valence-corrected chi connectivity index (χ4v) is 3.93. The van der Waals surface area contributed by atoms with Crippen LogP contribution >= 0.6 is 0 Å². The molecule has 0 aliphatic carbocycles. The first-order valence-electron chi connectivity index (χ1n) is 6.13. The number of halogens is 4. The van der Waals surface area contributed by atoms with Gasteiger partial charge in [0.05, 0.1) is 16.4 Å². The lowest BCUT2D eigenvalue weighted by Crippen LogP contribution is -2.31. The Kier molecular flexibility index (Phi) is 4.18. The summed E-state index contributed by atoms with van der Waals surface area (Å²) in [5.41, 5.74) is -1.61. The molecule has 0 bridgehead atoms. The van der Waals surface area contributed by atoms with Crippen LogP contribution < -0.4 is 0 Å². The smallest absolute Gasteiger partial charge is 0.417 e. The van der Waals surface area contributed by atoms with E-state index in [0.717, 1.165) is 0 Å². The Morgan fingerprint density at radius 2 is 1.95 bits per heavy atom. The second-order valence-corrected chi connectivity index (χ2v) is 6.73. The van der Waals surface area contributed by atoms with Gasteiger partial charge in [0.2, 0.25) is 10.0 Å². The molecule has 1 N–H and O–H groups in total. The lowest BCUT2D eigenvalue weighted by Gasteiger charge is -2.19. The summed E-state index contributed by atoms with van der Waals surface area (Å²) >= 11 is 0. The largest absolute Gasteiger partial charge is 0.481 e. The van der Waals surface area contributed by atoms with Crippen molar-refractivity contribution in [1.82, 2.24) is 4.31 Å². The number of nitrogens with zero attached hydrogens (tertiary/aromatic N) is 1. The standard InChI is InChI=1S/C12H11F4NO4S/c13-8-1-2-10(9(5-8)12(14,15)16)22(20,21)17-4-3-7(6-17)11(18)19/h1-2,5,7H,3-4,6H2,(H,18,19). The van der Waals surface area contributed by atoms with Crippen molar-refractivity contribution in [3.63, 3.8) is 0 Å². The number of rotatable bonds is 3. The molecule has 0 radical (unpaired) electrons. The Bertz CT molecular complexity index is 702. The van der Waals surface area contributed by atoms with Crippen LogP contribution in [0.1, 0.15) is 12.0 Å². The summed E-state index contributed by atoms with van der Waals surface area (Å²) in [6.45, 7) is -0.611. The highest BCUT2D eigenvalue weighted by Crippen LogP contribution is 2.36. The molecule has 2 rings (SSSR count). The molecule has 1 heterocycles. The molecule has 122 valence electrons. The summed E-state index contributed by atoms with van der Waals surface area (Å²) in [6, 6.07) is 1.27. The van der Waals surface area contributed by atoms with Crippen LogP contribution in [-0.2, 0) is 21.0 Å². The van der Waals surface area contributed by atoms with Crippen molar-refractivity contribution in [2.75, 3.05) is 13.1 Å². The Morgan fingerprint density at radius 3 is 2.45 bits per heavy atom. The number of carbonyl (C=O) groups is 1. The Labute approximate surface area is 123 Å². The van der Waals surface area contributed by atoms with E-state index in [1.165, 1.54) is 0 Å². The third kappa shape index (κ3) is 3.07. The lowest BCUT2D eigenvalue weighted by atomic mass is 10.1. The number of benzene rings is 1. The van der Waals surface area contributed by atoms with Crippen molar-refractivity contribution < 1.29 is 35.9 Å². The van der Waals surface area contributed by atoms with Gasteiger partial charge in [0, 0.05) is 13.1 Å². The van der Waals surface area contributed by atoms with Gasteiger partial charge in [0.15, 0.2) is 0 Å². The van der Waals surface area contributed by atoms with Crippen LogP contribution in [0.5, 0.6) is 0 Å². The molecule has 1 fully saturated rings. The van der Waals surface area contributed by atoms with Crippen molar-refractivity contribution in [3.05, 3.63) is 29.6 Å². The molecule has 0 spiro atoms. The normalized spacial score (nSPS) is 20.3. The predicted octanol–water partition coefficient (Wildman–Crippen LogP) is 1.94. The zero-order chi connectivity index (χ0) is 16.7. The van der Waals surface area contributed by atoms with Crippen LogP contribution in [0, 0.1) is 11.7 Å². The second-order valence-electron chi connectivity index (χ2n) is 4.83. The first-order valence-corrected chi connectivity index (χ1v) is 7.57. The topological polar surface area (TPSA) is 74.7 Å². The van der Waals surface area contributed by atoms with E-state index in [0.29, 0.717) is 16.4 Å². The van der Waals surface area contributed by atoms with Gasteiger partial charge >= 0.3 is 12.1 Å². The molecule has 1 aromatic carbocycles. The van der Waals surface area contributed by atoms with E-state index in [-0.39, 0.29) is 19.0 Å². The second kappa shape index (κ2) is 5.51. The van der Waals surface area contributed by atoms with E-state index >= 15 is 0 Å². The van der Waals surface area contributed by atoms with Gasteiger partial charge in [-0.05, 0) is 24.6 Å². The third-order valence-electron chi connectivity index (χ3n) is 3.37. The van der Waals surface area contributed by atoms with Gasteiger partial charge in [-0.15, -0.1) is 0 Å². The summed E-state index contributed by atoms with van der Waals surface area (Å²) in [6.07, 6.45) is -5.03. The molecule has 1 saturated heterocycles. The quantitative estimate of drug-likeness (QED) is 0.853. The lowest BCUT2D eigenvalue weighted by molar-refractivity contribution is -0.141. The van der Waals surface area contributed by atoms with E-state index in [9.17, 15) is 30.8 Å². The highest BCUT2D eigenvalue weighted by Gasteiger charge is 2.42. The van der Waals surface area contributed by atoms with E-state index in [4.69, 9.17) is 5.11 Å². The van der Waals surface area contributed by atoms with Crippen LogP contribution in [0.25, 0.3) is 0 Å². The molecule has 0 aromatic heterocycles. The molecule has 0 amide bonds. The Balaban J connectivity index is 2.45. The third-order valence-corrected chi connectivity index (χ3v) is 5.29. The van der Waals surface area contributed by atoms with Gasteiger partial charge in [-0.3, -0.25) is 4.79 Å². The van der Waals surface area contributed by atoms with Gasteiger partial charge in [-0.2, -0.15) is 17.5 Å². The van der Waals surface area contributed by atoms with Crippen molar-refractivity contribution in [2.24, 2.45) is 5.92 Å². The van der Waals surface area contributed by atoms with Crippen molar-refractivity contribution in [3.8, 4) is 0 Å². The number of carboxylic acids is 1. The minimum atomic E-state index is -5.05. The number of alkyl halides is 3. The Hall–Kier alpha value is -1.68. The fourth-order valence-electron chi connectivity index (χ4n) is 2.24. The van der Waals surface area contributed by atoms with E-state index in [1.54, 1.807) is 0 Å². The molecule has 1 aliphatic heterocycles. The van der Waals surface area contributed by atoms with Gasteiger partial charge < -0.3 is 5.11 Å². The monoisotopic (exact) mass is 341 g/mol. The molecule has 1 unspecified atom stereocenters. The van der Waals surface area contributed by atoms with Crippen LogP contribution in [-0.4, -0.2) is 36.9 Å². The SMILES string of the molecule is O=C(O)C1CCN(S(=O)(=O)c2ccc(F)cc2C(F)(F)F)C1. The minimum absolute atomic E-state index is 0.0110. The highest BCUT2D eigenvalue weighted by atomic mass is 32.2. The molecule has 0 saturated carbocycles. The maximum atomic E-state index is 13.0. The number of sulfonamides is 1. The van der Waals surface area contributed by atoms with Gasteiger partial charge in [0.25, 0.3) is 0 Å². The van der Waals surface area contributed by atoms with Crippen molar-refractivity contribution >= 4 is 16.0 Å². The molecule has 1 aliphatic rings. The molecule has 5 nitrogen and oxygen atoms in total. The molecular formula is C12H11F4NO4S. The zero-order valence-corrected chi connectivity index (χ0v) is 11.8. The molecule has 10 heteroatoms. The summed E-state index contributed by atoms with van der Waals surface area (Å²) < 4.78 is 77.0. The van der Waals surface area contributed by atoms with Gasteiger partial charge in [-0.25, -0.2) is 12.8 Å². The summed E-state index contributed by atoms with van der Waals surface area (Å²) in [7, 11) is -4.55. The van der Waals surface area contributed by atoms with Crippen LogP contribution in [0.4, 0.5) is 17.6 Å². The number of hydrogen-bond acceptors (Lipinski definition) is 3. The van der Waals surface area contributed by atoms with Gasteiger partial charge in [0.1, 0.15) is 5.82 Å². The number of aliphatic carboxylic acids is 1. The van der Waals surface area contributed by atoms with Crippen molar-refractivity contribution in [1.29, 1.82) is 0 Å². The average Bonchev–Trinajstić information content (AvgIpc) is 2.87. The molecular weight excluding hydrogens is 330 g/mol. The molecule has 22 heavy (non-hydrogen) atoms. The Morgan fingerprint density at radius 1 is 1.32 bits per heavy atom. The maximum absolute atomic E-state index is 13.0. The van der Waals surface area contributed by atoms with Crippen LogP contribution in [0.2, 0.25) is 0 Å². The van der Waals surface area contributed by atoms with E-state index in [1.807, 2.05) is 0 Å². The van der Waals surface area contributed by atoms with E-state index < -0.39 is 50.9 Å². The fraction of sp³-hybridized carbons (Fsp3) is 0.417. The van der Waals surface area contributed by atoms with Gasteiger partial charge in [-0.1, -0.05) is 0 Å². The summed E-state index contributed by atoms with van der Waals surface area (Å²) in [5, 5.41) is 8.84. The van der Waals surface area contributed by atoms with Crippen LogP contribution in [0.15, 0.2) is 23.1 Å². The average molecular weight is 341 g/mol. The van der Waals surface area contributed by atoms with Crippen molar-refractivity contribution in [2.45, 2.75) is 17.5 Å². The summed E-state index contributed by atoms with van der Waals surface area (Å²) in [5.74, 6) is -3.39.